The summed E-state index contributed by atoms with van der Waals surface area (Å²) >= 11 is 0. The van der Waals surface area contributed by atoms with Crippen LogP contribution in [0.25, 0.3) is 6.08 Å². The van der Waals surface area contributed by atoms with E-state index in [2.05, 4.69) is 0 Å². The van der Waals surface area contributed by atoms with Crippen LogP contribution >= 0.6 is 0 Å². The van der Waals surface area contributed by atoms with Crippen molar-refractivity contribution in [2.24, 2.45) is 0 Å². The van der Waals surface area contributed by atoms with Crippen LogP contribution < -0.4 is 4.74 Å². The molecule has 6 heteroatoms. The molecule has 1 aliphatic rings. The summed E-state index contributed by atoms with van der Waals surface area (Å²) in [6, 6.07) is 10.0. The Labute approximate surface area is 133 Å². The highest BCUT2D eigenvalue weighted by molar-refractivity contribution is 7.91. The number of fused-ring (bicyclic) bond motifs is 1. The van der Waals surface area contributed by atoms with Gasteiger partial charge in [-0.2, -0.15) is 0 Å². The molecular formula is C17H13FO4S. The first-order valence-electron chi connectivity index (χ1n) is 6.82. The minimum Gasteiger partial charge on any atom is -0.497 e. The Bertz CT molecular complexity index is 912. The standard InChI is InChI=1S/C17H13FO4S/c1-22-14-5-2-11(3-6-14)8-12-10-23(20,21)16-7-4-13(18)9-15(16)17(12)19/h2-9H,10H2,1H3/b12-8+. The van der Waals surface area contributed by atoms with Crippen LogP contribution in [-0.2, 0) is 9.84 Å². The summed E-state index contributed by atoms with van der Waals surface area (Å²) in [5, 5.41) is 0. The van der Waals surface area contributed by atoms with Crippen LogP contribution in [0.1, 0.15) is 15.9 Å². The third-order valence-corrected chi connectivity index (χ3v) is 5.33. The summed E-state index contributed by atoms with van der Waals surface area (Å²) in [6.45, 7) is 0. The largest absolute Gasteiger partial charge is 0.497 e. The number of Topliss-reactive ketones (excluding diaryl/α,β-unsaturated/α-hetero) is 1. The molecule has 0 N–H and O–H groups in total. The maximum atomic E-state index is 13.4. The van der Waals surface area contributed by atoms with E-state index in [9.17, 15) is 17.6 Å². The Morgan fingerprint density at radius 1 is 1.13 bits per heavy atom. The minimum atomic E-state index is -3.65. The van der Waals surface area contributed by atoms with Crippen molar-refractivity contribution in [2.45, 2.75) is 4.90 Å². The number of benzene rings is 2. The van der Waals surface area contributed by atoms with Gasteiger partial charge in [-0.15, -0.1) is 0 Å². The van der Waals surface area contributed by atoms with Gasteiger partial charge in [-0.05, 0) is 42.0 Å². The van der Waals surface area contributed by atoms with Crippen molar-refractivity contribution in [1.29, 1.82) is 0 Å². The fraction of sp³-hybridized carbons (Fsp3) is 0.118. The first kappa shape index (κ1) is 15.4. The molecule has 0 saturated carbocycles. The first-order valence-corrected chi connectivity index (χ1v) is 8.47. The van der Waals surface area contributed by atoms with Crippen LogP contribution in [0.5, 0.6) is 5.75 Å². The van der Waals surface area contributed by atoms with Crippen molar-refractivity contribution in [1.82, 2.24) is 0 Å². The molecule has 0 saturated heterocycles. The number of halogens is 1. The minimum absolute atomic E-state index is 0.115. The van der Waals surface area contributed by atoms with Crippen LogP contribution in [0.4, 0.5) is 4.39 Å². The number of methoxy groups -OCH3 is 1. The fourth-order valence-corrected chi connectivity index (χ4v) is 4.02. The van der Waals surface area contributed by atoms with Gasteiger partial charge in [0.25, 0.3) is 0 Å². The van der Waals surface area contributed by atoms with E-state index in [1.54, 1.807) is 24.3 Å². The van der Waals surface area contributed by atoms with E-state index in [1.165, 1.54) is 13.2 Å². The predicted octanol–water partition coefficient (Wildman–Crippen LogP) is 2.89. The molecule has 118 valence electrons. The van der Waals surface area contributed by atoms with E-state index in [-0.39, 0.29) is 16.0 Å². The van der Waals surface area contributed by atoms with Crippen LogP contribution in [0.15, 0.2) is 52.9 Å². The van der Waals surface area contributed by atoms with E-state index < -0.39 is 27.2 Å². The maximum absolute atomic E-state index is 13.4. The molecule has 23 heavy (non-hydrogen) atoms. The Morgan fingerprint density at radius 2 is 1.83 bits per heavy atom. The molecule has 0 fully saturated rings. The number of rotatable bonds is 2. The van der Waals surface area contributed by atoms with Gasteiger partial charge in [-0.3, -0.25) is 4.79 Å². The van der Waals surface area contributed by atoms with Gasteiger partial charge in [0, 0.05) is 11.1 Å². The van der Waals surface area contributed by atoms with Crippen molar-refractivity contribution in [3.63, 3.8) is 0 Å². The zero-order chi connectivity index (χ0) is 16.6. The molecule has 0 aromatic heterocycles. The van der Waals surface area contributed by atoms with Gasteiger partial charge in [0.05, 0.1) is 17.8 Å². The average molecular weight is 332 g/mol. The average Bonchev–Trinajstić information content (AvgIpc) is 2.52. The lowest BCUT2D eigenvalue weighted by Gasteiger charge is -2.18. The third kappa shape index (κ3) is 2.90. The van der Waals surface area contributed by atoms with E-state index in [0.29, 0.717) is 11.3 Å². The van der Waals surface area contributed by atoms with Crippen molar-refractivity contribution < 1.29 is 22.3 Å². The lowest BCUT2D eigenvalue weighted by atomic mass is 10.0. The van der Waals surface area contributed by atoms with Gasteiger partial charge >= 0.3 is 0 Å². The molecular weight excluding hydrogens is 319 g/mol. The molecule has 0 atom stereocenters. The first-order chi connectivity index (χ1) is 10.9. The third-order valence-electron chi connectivity index (χ3n) is 3.62. The summed E-state index contributed by atoms with van der Waals surface area (Å²) in [5.74, 6) is -0.846. The Hall–Kier alpha value is -2.47. The van der Waals surface area contributed by atoms with E-state index >= 15 is 0 Å². The number of sulfone groups is 1. The SMILES string of the molecule is COc1ccc(/C=C2\CS(=O)(=O)c3ccc(F)cc3C2=O)cc1. The van der Waals surface area contributed by atoms with E-state index in [1.807, 2.05) is 0 Å². The smallest absolute Gasteiger partial charge is 0.191 e. The normalized spacial score (nSPS) is 17.8. The Kier molecular flexibility index (Phi) is 3.77. The quantitative estimate of drug-likeness (QED) is 0.627. The highest BCUT2D eigenvalue weighted by atomic mass is 32.2. The number of ketones is 1. The lowest BCUT2D eigenvalue weighted by Crippen LogP contribution is -2.24. The molecule has 0 amide bonds. The Morgan fingerprint density at radius 3 is 2.48 bits per heavy atom. The monoisotopic (exact) mass is 332 g/mol. The molecule has 3 rings (SSSR count). The van der Waals surface area contributed by atoms with Crippen LogP contribution in [0, 0.1) is 5.82 Å². The van der Waals surface area contributed by atoms with Crippen molar-refractivity contribution >= 4 is 21.7 Å². The zero-order valence-electron chi connectivity index (χ0n) is 12.2. The molecule has 2 aromatic rings. The lowest BCUT2D eigenvalue weighted by molar-refractivity contribution is 0.103. The topological polar surface area (TPSA) is 60.4 Å². The van der Waals surface area contributed by atoms with Gasteiger partial charge in [0.1, 0.15) is 11.6 Å². The zero-order valence-corrected chi connectivity index (χ0v) is 13.1. The summed E-state index contributed by atoms with van der Waals surface area (Å²) < 4.78 is 43.0. The number of hydrogen-bond acceptors (Lipinski definition) is 4. The predicted molar refractivity (Wildman–Crippen MR) is 83.8 cm³/mol. The molecule has 0 aliphatic carbocycles. The van der Waals surface area contributed by atoms with Gasteiger partial charge < -0.3 is 4.74 Å². The Balaban J connectivity index is 2.08. The molecule has 4 nitrogen and oxygen atoms in total. The number of carbonyl (C=O) groups excluding carboxylic acids is 1. The molecule has 0 spiro atoms. The highest BCUT2D eigenvalue weighted by Crippen LogP contribution is 2.29. The van der Waals surface area contributed by atoms with Crippen molar-refractivity contribution in [3.8, 4) is 5.75 Å². The highest BCUT2D eigenvalue weighted by Gasteiger charge is 2.32. The summed E-state index contributed by atoms with van der Waals surface area (Å²) in [6.07, 6.45) is 1.51. The number of hydrogen-bond donors (Lipinski definition) is 0. The van der Waals surface area contributed by atoms with E-state index in [0.717, 1.165) is 18.2 Å². The molecule has 2 aromatic carbocycles. The fourth-order valence-electron chi connectivity index (χ4n) is 2.48. The van der Waals surface area contributed by atoms with Crippen molar-refractivity contribution in [2.75, 3.05) is 12.9 Å². The van der Waals surface area contributed by atoms with Crippen LogP contribution in [-0.4, -0.2) is 27.1 Å². The number of ether oxygens (including phenoxy) is 1. The second kappa shape index (κ2) is 5.62. The van der Waals surface area contributed by atoms with Gasteiger partial charge in [-0.1, -0.05) is 12.1 Å². The van der Waals surface area contributed by atoms with E-state index in [4.69, 9.17) is 4.74 Å². The summed E-state index contributed by atoms with van der Waals surface area (Å²) in [5.41, 5.74) is 0.675. The molecule has 0 unspecified atom stereocenters. The molecule has 0 radical (unpaired) electrons. The molecule has 1 aliphatic heterocycles. The summed E-state index contributed by atoms with van der Waals surface area (Å²) in [7, 11) is -2.12. The number of carbonyl (C=O) groups is 1. The second-order valence-corrected chi connectivity index (χ2v) is 7.13. The molecule has 1 heterocycles. The van der Waals surface area contributed by atoms with Crippen LogP contribution in [0.2, 0.25) is 0 Å². The maximum Gasteiger partial charge on any atom is 0.191 e. The van der Waals surface area contributed by atoms with Gasteiger partial charge in [-0.25, -0.2) is 12.8 Å². The second-order valence-electron chi connectivity index (χ2n) is 5.17. The summed E-state index contributed by atoms with van der Waals surface area (Å²) in [4.78, 5) is 12.3. The van der Waals surface area contributed by atoms with Gasteiger partial charge in [0.2, 0.25) is 0 Å². The van der Waals surface area contributed by atoms with Crippen LogP contribution in [0.3, 0.4) is 0 Å². The van der Waals surface area contributed by atoms with Gasteiger partial charge in [0.15, 0.2) is 15.6 Å². The molecule has 0 bridgehead atoms. The van der Waals surface area contributed by atoms with Crippen molar-refractivity contribution in [3.05, 3.63) is 65.0 Å².